The van der Waals surface area contributed by atoms with E-state index in [9.17, 15) is 0 Å². The minimum absolute atomic E-state index is 0.814. The molecule has 18 heavy (non-hydrogen) atoms. The first-order valence-corrected chi connectivity index (χ1v) is 7.18. The molecule has 0 amide bonds. The first kappa shape index (κ1) is 13.6. The first-order chi connectivity index (χ1) is 8.78. The molecule has 1 N–H and O–H groups in total. The highest BCUT2D eigenvalue weighted by Gasteiger charge is 2.15. The Balaban J connectivity index is 1.76. The van der Waals surface area contributed by atoms with Crippen LogP contribution in [0.3, 0.4) is 0 Å². The number of aromatic nitrogens is 2. The van der Waals surface area contributed by atoms with Crippen molar-refractivity contribution in [3.8, 4) is 0 Å². The number of nitrogens with zero attached hydrogens (tertiary/aromatic N) is 3. The summed E-state index contributed by atoms with van der Waals surface area (Å²) in [5, 5.41) is 7.87. The van der Waals surface area contributed by atoms with E-state index >= 15 is 0 Å². The van der Waals surface area contributed by atoms with Gasteiger partial charge in [0.15, 0.2) is 0 Å². The summed E-state index contributed by atoms with van der Waals surface area (Å²) in [6, 6.07) is 0. The molecule has 4 heteroatoms. The molecule has 1 aromatic heterocycles. The van der Waals surface area contributed by atoms with Crippen LogP contribution in [0.5, 0.6) is 0 Å². The molecular formula is C14H26N4. The third-order valence-electron chi connectivity index (χ3n) is 3.56. The second-order valence-corrected chi connectivity index (χ2v) is 5.52. The minimum atomic E-state index is 0.814. The van der Waals surface area contributed by atoms with Crippen molar-refractivity contribution in [1.82, 2.24) is 20.0 Å². The first-order valence-electron chi connectivity index (χ1n) is 7.18. The molecule has 2 rings (SSSR count). The highest BCUT2D eigenvalue weighted by atomic mass is 15.3. The van der Waals surface area contributed by atoms with Gasteiger partial charge >= 0.3 is 0 Å². The predicted octanol–water partition coefficient (Wildman–Crippen LogP) is 1.72. The molecule has 1 unspecified atom stereocenters. The third-order valence-corrected chi connectivity index (χ3v) is 3.56. The summed E-state index contributed by atoms with van der Waals surface area (Å²) in [6.45, 7) is 7.79. The maximum atomic E-state index is 4.38. The molecule has 0 bridgehead atoms. The van der Waals surface area contributed by atoms with Gasteiger partial charge in [0.1, 0.15) is 0 Å². The largest absolute Gasteiger partial charge is 0.316 e. The lowest BCUT2D eigenvalue weighted by Crippen LogP contribution is -2.36. The normalized spacial score (nSPS) is 20.5. The van der Waals surface area contributed by atoms with E-state index in [2.05, 4.69) is 35.5 Å². The van der Waals surface area contributed by atoms with Crippen LogP contribution in [0.25, 0.3) is 0 Å². The van der Waals surface area contributed by atoms with Crippen LogP contribution in [0.2, 0.25) is 0 Å². The van der Waals surface area contributed by atoms with E-state index in [0.29, 0.717) is 0 Å². The van der Waals surface area contributed by atoms with Crippen LogP contribution < -0.4 is 5.32 Å². The number of rotatable bonds is 6. The van der Waals surface area contributed by atoms with Crippen molar-refractivity contribution in [3.63, 3.8) is 0 Å². The number of nitrogens with one attached hydrogen (secondary N) is 1. The molecule has 1 aliphatic rings. The number of piperidine rings is 1. The van der Waals surface area contributed by atoms with Gasteiger partial charge in [-0.25, -0.2) is 0 Å². The summed E-state index contributed by atoms with van der Waals surface area (Å²) in [5.41, 5.74) is 1.33. The maximum absolute atomic E-state index is 4.38. The van der Waals surface area contributed by atoms with Crippen molar-refractivity contribution in [2.75, 3.05) is 26.7 Å². The van der Waals surface area contributed by atoms with E-state index in [4.69, 9.17) is 0 Å². The molecule has 1 saturated heterocycles. The van der Waals surface area contributed by atoms with E-state index in [0.717, 1.165) is 25.4 Å². The number of hydrogen-bond acceptors (Lipinski definition) is 3. The van der Waals surface area contributed by atoms with E-state index in [-0.39, 0.29) is 0 Å². The Labute approximate surface area is 110 Å². The summed E-state index contributed by atoms with van der Waals surface area (Å²) in [6.07, 6.45) is 8.02. The Morgan fingerprint density at radius 2 is 2.44 bits per heavy atom. The topological polar surface area (TPSA) is 33.1 Å². The van der Waals surface area contributed by atoms with Crippen LogP contribution in [-0.4, -0.2) is 41.4 Å². The maximum Gasteiger partial charge on any atom is 0.0534 e. The molecule has 4 nitrogen and oxygen atoms in total. The van der Waals surface area contributed by atoms with Crippen LogP contribution in [0.4, 0.5) is 0 Å². The lowest BCUT2D eigenvalue weighted by Gasteiger charge is -2.27. The monoisotopic (exact) mass is 250 g/mol. The van der Waals surface area contributed by atoms with E-state index in [1.54, 1.807) is 0 Å². The van der Waals surface area contributed by atoms with Gasteiger partial charge in [-0.1, -0.05) is 6.92 Å². The Kier molecular flexibility index (Phi) is 5.20. The second kappa shape index (κ2) is 6.90. The van der Waals surface area contributed by atoms with Crippen molar-refractivity contribution in [1.29, 1.82) is 0 Å². The molecule has 102 valence electrons. The number of hydrogen-bond donors (Lipinski definition) is 1. The summed E-state index contributed by atoms with van der Waals surface area (Å²) in [7, 11) is 2.21. The third kappa shape index (κ3) is 4.10. The quantitative estimate of drug-likeness (QED) is 0.834. The molecule has 1 aliphatic heterocycles. The van der Waals surface area contributed by atoms with Gasteiger partial charge in [-0.15, -0.1) is 0 Å². The van der Waals surface area contributed by atoms with Crippen molar-refractivity contribution < 1.29 is 0 Å². The van der Waals surface area contributed by atoms with Crippen molar-refractivity contribution in [2.24, 2.45) is 5.92 Å². The van der Waals surface area contributed by atoms with Crippen LogP contribution in [0, 0.1) is 5.92 Å². The molecule has 0 aromatic carbocycles. The van der Waals surface area contributed by atoms with Crippen molar-refractivity contribution >= 4 is 0 Å². The van der Waals surface area contributed by atoms with Gasteiger partial charge in [-0.05, 0) is 45.3 Å². The lowest BCUT2D eigenvalue weighted by molar-refractivity contribution is 0.237. The van der Waals surface area contributed by atoms with Crippen LogP contribution in [-0.2, 0) is 13.1 Å². The average Bonchev–Trinajstić information content (AvgIpc) is 2.78. The minimum Gasteiger partial charge on any atom is -0.316 e. The van der Waals surface area contributed by atoms with E-state index in [1.165, 1.54) is 38.0 Å². The fourth-order valence-corrected chi connectivity index (χ4v) is 2.74. The van der Waals surface area contributed by atoms with Crippen LogP contribution in [0.1, 0.15) is 31.7 Å². The molecule has 0 spiro atoms. The Morgan fingerprint density at radius 1 is 1.56 bits per heavy atom. The molecule has 0 radical (unpaired) electrons. The molecular weight excluding hydrogens is 224 g/mol. The molecule has 1 atom stereocenters. The van der Waals surface area contributed by atoms with Gasteiger partial charge in [-0.3, -0.25) is 4.68 Å². The van der Waals surface area contributed by atoms with E-state index in [1.807, 2.05) is 10.9 Å². The zero-order chi connectivity index (χ0) is 12.8. The Hall–Kier alpha value is -0.870. The highest BCUT2D eigenvalue weighted by Crippen LogP contribution is 2.12. The van der Waals surface area contributed by atoms with Gasteiger partial charge in [0, 0.05) is 31.4 Å². The molecule has 1 fully saturated rings. The molecule has 2 heterocycles. The Morgan fingerprint density at radius 3 is 3.17 bits per heavy atom. The smallest absolute Gasteiger partial charge is 0.0534 e. The molecule has 0 aliphatic carbocycles. The van der Waals surface area contributed by atoms with Gasteiger partial charge in [0.2, 0.25) is 0 Å². The fourth-order valence-electron chi connectivity index (χ4n) is 2.74. The summed E-state index contributed by atoms with van der Waals surface area (Å²) in [5.74, 6) is 0.814. The SMILES string of the molecule is CCCn1cc(CN(C)CC2CCCNC2)cn1. The van der Waals surface area contributed by atoms with Gasteiger partial charge < -0.3 is 10.2 Å². The Bertz CT molecular complexity index is 341. The van der Waals surface area contributed by atoms with Crippen LogP contribution >= 0.6 is 0 Å². The highest BCUT2D eigenvalue weighted by molar-refractivity contribution is 5.03. The van der Waals surface area contributed by atoms with Crippen molar-refractivity contribution in [2.45, 2.75) is 39.3 Å². The second-order valence-electron chi connectivity index (χ2n) is 5.52. The summed E-state index contributed by atoms with van der Waals surface area (Å²) < 4.78 is 2.05. The van der Waals surface area contributed by atoms with Gasteiger partial charge in [0.25, 0.3) is 0 Å². The zero-order valence-electron chi connectivity index (χ0n) is 11.7. The van der Waals surface area contributed by atoms with E-state index < -0.39 is 0 Å². The van der Waals surface area contributed by atoms with Crippen molar-refractivity contribution in [3.05, 3.63) is 18.0 Å². The van der Waals surface area contributed by atoms with Crippen LogP contribution in [0.15, 0.2) is 12.4 Å². The van der Waals surface area contributed by atoms with Gasteiger partial charge in [-0.2, -0.15) is 5.10 Å². The zero-order valence-corrected chi connectivity index (χ0v) is 11.7. The molecule has 1 aromatic rings. The lowest BCUT2D eigenvalue weighted by atomic mass is 9.99. The summed E-state index contributed by atoms with van der Waals surface area (Å²) in [4.78, 5) is 2.42. The van der Waals surface area contributed by atoms with Gasteiger partial charge in [0.05, 0.1) is 6.20 Å². The predicted molar refractivity (Wildman–Crippen MR) is 74.4 cm³/mol. The molecule has 0 saturated carbocycles. The summed E-state index contributed by atoms with van der Waals surface area (Å²) >= 11 is 0. The standard InChI is InChI=1S/C14H26N4/c1-3-7-18-12-14(9-16-18)11-17(2)10-13-5-4-6-15-8-13/h9,12-13,15H,3-8,10-11H2,1-2H3. The number of aryl methyl sites for hydroxylation is 1. The fraction of sp³-hybridized carbons (Fsp3) is 0.786. The average molecular weight is 250 g/mol.